The van der Waals surface area contributed by atoms with Crippen LogP contribution in [0.1, 0.15) is 13.3 Å². The molecule has 0 fully saturated rings. The van der Waals surface area contributed by atoms with Crippen molar-refractivity contribution in [3.63, 3.8) is 0 Å². The average molecular weight is 228 g/mol. The topological polar surface area (TPSA) is 3.88 Å². The maximum atomic E-state index is 2.28. The van der Waals surface area contributed by atoms with Crippen molar-refractivity contribution in [3.05, 3.63) is 42.7 Å². The Labute approximate surface area is 99.0 Å². The zero-order valence-electron chi connectivity index (χ0n) is 9.31. The summed E-state index contributed by atoms with van der Waals surface area (Å²) >= 11 is 1.88. The van der Waals surface area contributed by atoms with Crippen molar-refractivity contribution in [1.82, 2.24) is 0 Å². The van der Waals surface area contributed by atoms with Gasteiger partial charge in [0.05, 0.1) is 4.70 Å². The number of aromatic nitrogens is 1. The zero-order chi connectivity index (χ0) is 11.0. The van der Waals surface area contributed by atoms with Crippen LogP contribution in [0.15, 0.2) is 42.7 Å². The third kappa shape index (κ3) is 1.50. The number of hydrogen-bond acceptors (Lipinski definition) is 1. The number of hydrogen-bond donors (Lipinski definition) is 0. The van der Waals surface area contributed by atoms with E-state index in [-0.39, 0.29) is 0 Å². The molecule has 0 aliphatic heterocycles. The van der Waals surface area contributed by atoms with Crippen LogP contribution in [-0.2, 0) is 6.54 Å². The van der Waals surface area contributed by atoms with Crippen molar-refractivity contribution in [3.8, 4) is 0 Å². The fourth-order valence-corrected chi connectivity index (χ4v) is 3.26. The van der Waals surface area contributed by atoms with Gasteiger partial charge in [0, 0.05) is 28.0 Å². The SMILES string of the molecule is CCC[n+]1ccc2c(c1)sc1ccccc12. The Hall–Kier alpha value is -1.41. The van der Waals surface area contributed by atoms with Crippen LogP contribution < -0.4 is 4.57 Å². The molecule has 2 heterocycles. The van der Waals surface area contributed by atoms with Gasteiger partial charge >= 0.3 is 0 Å². The molecule has 0 bridgehead atoms. The third-order valence-electron chi connectivity index (χ3n) is 2.86. The molecule has 0 aliphatic carbocycles. The van der Waals surface area contributed by atoms with Gasteiger partial charge in [-0.1, -0.05) is 25.1 Å². The van der Waals surface area contributed by atoms with E-state index >= 15 is 0 Å². The lowest BCUT2D eigenvalue weighted by molar-refractivity contribution is -0.695. The van der Waals surface area contributed by atoms with E-state index in [0.717, 1.165) is 6.54 Å². The summed E-state index contributed by atoms with van der Waals surface area (Å²) in [6, 6.07) is 10.9. The van der Waals surface area contributed by atoms with Gasteiger partial charge in [0.25, 0.3) is 0 Å². The van der Waals surface area contributed by atoms with E-state index in [2.05, 4.69) is 54.2 Å². The number of nitrogens with zero attached hydrogens (tertiary/aromatic N) is 1. The minimum atomic E-state index is 1.10. The molecule has 0 saturated heterocycles. The molecule has 1 nitrogen and oxygen atoms in total. The highest BCUT2D eigenvalue weighted by Gasteiger charge is 2.08. The smallest absolute Gasteiger partial charge is 0.186 e. The first-order valence-corrected chi connectivity index (χ1v) is 6.50. The Kier molecular flexibility index (Phi) is 2.37. The third-order valence-corrected chi connectivity index (χ3v) is 3.98. The molecule has 0 radical (unpaired) electrons. The molecule has 0 unspecified atom stereocenters. The highest BCUT2D eigenvalue weighted by molar-refractivity contribution is 7.25. The monoisotopic (exact) mass is 228 g/mol. The number of thiophene rings is 1. The van der Waals surface area contributed by atoms with E-state index in [1.54, 1.807) is 0 Å². The van der Waals surface area contributed by atoms with Crippen LogP contribution in [0.5, 0.6) is 0 Å². The van der Waals surface area contributed by atoms with Gasteiger partial charge in [0.2, 0.25) is 0 Å². The molecule has 16 heavy (non-hydrogen) atoms. The van der Waals surface area contributed by atoms with Crippen molar-refractivity contribution in [2.45, 2.75) is 19.9 Å². The number of aryl methyl sites for hydroxylation is 1. The van der Waals surface area contributed by atoms with Gasteiger partial charge in [-0.05, 0) is 6.07 Å². The summed E-state index contributed by atoms with van der Waals surface area (Å²) in [4.78, 5) is 0. The van der Waals surface area contributed by atoms with Gasteiger partial charge in [0.1, 0.15) is 6.54 Å². The highest BCUT2D eigenvalue weighted by atomic mass is 32.1. The van der Waals surface area contributed by atoms with Crippen LogP contribution in [-0.4, -0.2) is 0 Å². The first-order valence-electron chi connectivity index (χ1n) is 5.69. The van der Waals surface area contributed by atoms with Crippen molar-refractivity contribution >= 4 is 31.5 Å². The Morgan fingerprint density at radius 1 is 1.06 bits per heavy atom. The molecule has 1 aromatic carbocycles. The Morgan fingerprint density at radius 3 is 2.75 bits per heavy atom. The first kappa shape index (κ1) is 9.79. The minimum Gasteiger partial charge on any atom is -0.204 e. The predicted octanol–water partition coefficient (Wildman–Crippen LogP) is 3.75. The Bertz CT molecular complexity index is 639. The van der Waals surface area contributed by atoms with E-state index < -0.39 is 0 Å². The van der Waals surface area contributed by atoms with Crippen molar-refractivity contribution in [1.29, 1.82) is 0 Å². The normalized spacial score (nSPS) is 11.3. The summed E-state index contributed by atoms with van der Waals surface area (Å²) in [6.07, 6.45) is 5.63. The Balaban J connectivity index is 2.28. The quantitative estimate of drug-likeness (QED) is 0.588. The molecule has 0 atom stereocenters. The lowest BCUT2D eigenvalue weighted by atomic mass is 10.2. The second-order valence-electron chi connectivity index (χ2n) is 4.06. The molecule has 3 rings (SSSR count). The number of pyridine rings is 1. The zero-order valence-corrected chi connectivity index (χ0v) is 10.1. The van der Waals surface area contributed by atoms with Crippen LogP contribution in [0.4, 0.5) is 0 Å². The number of benzene rings is 1. The van der Waals surface area contributed by atoms with Gasteiger partial charge in [-0.2, -0.15) is 0 Å². The molecule has 0 saturated carbocycles. The van der Waals surface area contributed by atoms with Crippen molar-refractivity contribution in [2.24, 2.45) is 0 Å². The number of rotatable bonds is 2. The molecular weight excluding hydrogens is 214 g/mol. The fraction of sp³-hybridized carbons (Fsp3) is 0.214. The number of fused-ring (bicyclic) bond motifs is 3. The van der Waals surface area contributed by atoms with E-state index in [1.165, 1.54) is 26.6 Å². The van der Waals surface area contributed by atoms with E-state index in [4.69, 9.17) is 0 Å². The lowest BCUT2D eigenvalue weighted by Gasteiger charge is -1.93. The van der Waals surface area contributed by atoms with Gasteiger partial charge in [-0.3, -0.25) is 0 Å². The van der Waals surface area contributed by atoms with Gasteiger partial charge in [0.15, 0.2) is 12.4 Å². The summed E-state index contributed by atoms with van der Waals surface area (Å²) in [5.74, 6) is 0. The summed E-state index contributed by atoms with van der Waals surface area (Å²) < 4.78 is 5.04. The van der Waals surface area contributed by atoms with Crippen molar-refractivity contribution in [2.75, 3.05) is 0 Å². The van der Waals surface area contributed by atoms with Crippen LogP contribution in [0.2, 0.25) is 0 Å². The maximum absolute atomic E-state index is 2.28. The molecule has 0 amide bonds. The summed E-state index contributed by atoms with van der Waals surface area (Å²) in [6.45, 7) is 3.31. The average Bonchev–Trinajstić information content (AvgIpc) is 2.67. The highest BCUT2D eigenvalue weighted by Crippen LogP contribution is 2.32. The molecule has 0 N–H and O–H groups in total. The van der Waals surface area contributed by atoms with E-state index in [0.29, 0.717) is 0 Å². The minimum absolute atomic E-state index is 1.10. The fourth-order valence-electron chi connectivity index (χ4n) is 2.11. The largest absolute Gasteiger partial charge is 0.204 e. The molecule has 0 aliphatic rings. The van der Waals surface area contributed by atoms with Crippen molar-refractivity contribution < 1.29 is 4.57 Å². The summed E-state index contributed by atoms with van der Waals surface area (Å²) in [7, 11) is 0. The van der Waals surface area contributed by atoms with Crippen LogP contribution in [0, 0.1) is 0 Å². The van der Waals surface area contributed by atoms with Gasteiger partial charge in [-0.25, -0.2) is 4.57 Å². The van der Waals surface area contributed by atoms with Crippen LogP contribution in [0.3, 0.4) is 0 Å². The first-order chi connectivity index (χ1) is 7.88. The van der Waals surface area contributed by atoms with Gasteiger partial charge < -0.3 is 0 Å². The standard InChI is InChI=1S/C14H14NS/c1-2-8-15-9-7-12-11-5-3-4-6-13(11)16-14(12)10-15/h3-7,9-10H,2,8H2,1H3/q+1. The lowest BCUT2D eigenvalue weighted by Crippen LogP contribution is -2.31. The maximum Gasteiger partial charge on any atom is 0.186 e. The predicted molar refractivity (Wildman–Crippen MR) is 69.8 cm³/mol. The molecule has 2 aromatic heterocycles. The summed E-state index contributed by atoms with van der Waals surface area (Å²) in [5.41, 5.74) is 0. The second kappa shape index (κ2) is 3.87. The van der Waals surface area contributed by atoms with E-state index in [1.807, 2.05) is 11.3 Å². The van der Waals surface area contributed by atoms with Gasteiger partial charge in [-0.15, -0.1) is 11.3 Å². The van der Waals surface area contributed by atoms with Crippen LogP contribution >= 0.6 is 11.3 Å². The Morgan fingerprint density at radius 2 is 1.88 bits per heavy atom. The molecule has 80 valence electrons. The van der Waals surface area contributed by atoms with E-state index in [9.17, 15) is 0 Å². The van der Waals surface area contributed by atoms with Crippen LogP contribution in [0.25, 0.3) is 20.2 Å². The summed E-state index contributed by atoms with van der Waals surface area (Å²) in [5, 5.41) is 2.76. The molecule has 3 aromatic rings. The molecular formula is C14H14NS+. The molecule has 2 heteroatoms. The second-order valence-corrected chi connectivity index (χ2v) is 5.14. The molecule has 0 spiro atoms.